The first-order valence-corrected chi connectivity index (χ1v) is 8.37. The zero-order valence-electron chi connectivity index (χ0n) is 14.1. The van der Waals surface area contributed by atoms with E-state index in [2.05, 4.69) is 15.7 Å². The molecule has 2 aromatic carbocycles. The van der Waals surface area contributed by atoms with Crippen LogP contribution in [0.2, 0.25) is 5.15 Å². The molecular weight excluding hydrogens is 352 g/mol. The van der Waals surface area contributed by atoms with E-state index in [0.717, 1.165) is 5.69 Å². The predicted molar refractivity (Wildman–Crippen MR) is 101 cm³/mol. The quantitative estimate of drug-likeness (QED) is 0.726. The van der Waals surface area contributed by atoms with Gasteiger partial charge in [0.25, 0.3) is 5.91 Å². The van der Waals surface area contributed by atoms with Crippen molar-refractivity contribution in [3.8, 4) is 5.69 Å². The Morgan fingerprint density at radius 2 is 1.65 bits per heavy atom. The highest BCUT2D eigenvalue weighted by molar-refractivity contribution is 6.33. The van der Waals surface area contributed by atoms with E-state index in [-0.39, 0.29) is 23.2 Å². The SMILES string of the molecule is Cc1nn(-c2ccccc2)c(Cl)c1C(=O)NCC(=O)Nc1ccccc1. The van der Waals surface area contributed by atoms with Crippen molar-refractivity contribution < 1.29 is 9.59 Å². The number of para-hydroxylation sites is 2. The van der Waals surface area contributed by atoms with Crippen LogP contribution in [0.4, 0.5) is 5.69 Å². The lowest BCUT2D eigenvalue weighted by molar-refractivity contribution is -0.115. The monoisotopic (exact) mass is 368 g/mol. The molecule has 6 nitrogen and oxygen atoms in total. The number of aromatic nitrogens is 2. The zero-order valence-corrected chi connectivity index (χ0v) is 14.8. The molecule has 2 amide bonds. The number of carbonyl (C=O) groups excluding carboxylic acids is 2. The Morgan fingerprint density at radius 1 is 1.04 bits per heavy atom. The van der Waals surface area contributed by atoms with Gasteiger partial charge in [-0.1, -0.05) is 48.0 Å². The van der Waals surface area contributed by atoms with Crippen LogP contribution in [0.15, 0.2) is 60.7 Å². The smallest absolute Gasteiger partial charge is 0.256 e. The van der Waals surface area contributed by atoms with Crippen molar-refractivity contribution in [2.45, 2.75) is 6.92 Å². The summed E-state index contributed by atoms with van der Waals surface area (Å²) < 4.78 is 1.50. The fraction of sp³-hybridized carbons (Fsp3) is 0.105. The Labute approximate surface area is 155 Å². The van der Waals surface area contributed by atoms with E-state index in [1.165, 1.54) is 4.68 Å². The van der Waals surface area contributed by atoms with Crippen molar-refractivity contribution in [2.24, 2.45) is 0 Å². The minimum Gasteiger partial charge on any atom is -0.343 e. The maximum Gasteiger partial charge on any atom is 0.256 e. The fourth-order valence-corrected chi connectivity index (χ4v) is 2.83. The molecule has 0 saturated carbocycles. The number of benzene rings is 2. The predicted octanol–water partition coefficient (Wildman–Crippen LogP) is 3.20. The summed E-state index contributed by atoms with van der Waals surface area (Å²) in [6, 6.07) is 18.3. The number of hydrogen-bond acceptors (Lipinski definition) is 3. The summed E-state index contributed by atoms with van der Waals surface area (Å²) in [5, 5.41) is 9.80. The number of carbonyl (C=O) groups is 2. The molecule has 0 aliphatic carbocycles. The van der Waals surface area contributed by atoms with Gasteiger partial charge in [-0.25, -0.2) is 4.68 Å². The molecule has 26 heavy (non-hydrogen) atoms. The van der Waals surface area contributed by atoms with Crippen LogP contribution in [0.5, 0.6) is 0 Å². The maximum atomic E-state index is 12.5. The van der Waals surface area contributed by atoms with Crippen LogP contribution in [0.1, 0.15) is 16.1 Å². The van der Waals surface area contributed by atoms with E-state index in [1.807, 2.05) is 48.5 Å². The average molecular weight is 369 g/mol. The van der Waals surface area contributed by atoms with Crippen molar-refractivity contribution in [1.29, 1.82) is 0 Å². The van der Waals surface area contributed by atoms with Gasteiger partial charge in [-0.15, -0.1) is 0 Å². The molecule has 3 rings (SSSR count). The Morgan fingerprint density at radius 3 is 2.31 bits per heavy atom. The van der Waals surface area contributed by atoms with Gasteiger partial charge in [0.05, 0.1) is 23.5 Å². The molecule has 0 bridgehead atoms. The summed E-state index contributed by atoms with van der Waals surface area (Å²) in [6.07, 6.45) is 0. The highest BCUT2D eigenvalue weighted by Crippen LogP contribution is 2.23. The van der Waals surface area contributed by atoms with Gasteiger partial charge in [0.2, 0.25) is 5.91 Å². The number of anilines is 1. The lowest BCUT2D eigenvalue weighted by atomic mass is 10.2. The van der Waals surface area contributed by atoms with Gasteiger partial charge in [-0.05, 0) is 31.2 Å². The first kappa shape index (κ1) is 17.7. The molecule has 0 fully saturated rings. The van der Waals surface area contributed by atoms with Crippen LogP contribution >= 0.6 is 11.6 Å². The maximum absolute atomic E-state index is 12.5. The van der Waals surface area contributed by atoms with E-state index >= 15 is 0 Å². The highest BCUT2D eigenvalue weighted by Gasteiger charge is 2.21. The third-order valence-corrected chi connectivity index (χ3v) is 4.05. The molecule has 7 heteroatoms. The molecule has 0 aliphatic rings. The molecule has 0 atom stereocenters. The minimum atomic E-state index is -0.446. The first-order chi connectivity index (χ1) is 12.6. The molecule has 0 saturated heterocycles. The van der Waals surface area contributed by atoms with Gasteiger partial charge in [0.1, 0.15) is 5.15 Å². The Balaban J connectivity index is 1.68. The van der Waals surface area contributed by atoms with Gasteiger partial charge in [0.15, 0.2) is 0 Å². The van der Waals surface area contributed by atoms with Gasteiger partial charge in [-0.3, -0.25) is 9.59 Å². The van der Waals surface area contributed by atoms with Gasteiger partial charge < -0.3 is 10.6 Å². The summed E-state index contributed by atoms with van der Waals surface area (Å²) in [5.41, 5.74) is 2.15. The second-order valence-corrected chi connectivity index (χ2v) is 5.95. The lowest BCUT2D eigenvalue weighted by Crippen LogP contribution is -2.33. The summed E-state index contributed by atoms with van der Waals surface area (Å²) in [6.45, 7) is 1.53. The summed E-state index contributed by atoms with van der Waals surface area (Å²) in [4.78, 5) is 24.4. The summed E-state index contributed by atoms with van der Waals surface area (Å²) >= 11 is 6.34. The van der Waals surface area contributed by atoms with Crippen LogP contribution in [-0.2, 0) is 4.79 Å². The Hall–Kier alpha value is -3.12. The number of aryl methyl sites for hydroxylation is 1. The van der Waals surface area contributed by atoms with Crippen molar-refractivity contribution in [1.82, 2.24) is 15.1 Å². The molecule has 1 heterocycles. The van der Waals surface area contributed by atoms with Crippen LogP contribution in [-0.4, -0.2) is 28.1 Å². The summed E-state index contributed by atoms with van der Waals surface area (Å²) in [7, 11) is 0. The van der Waals surface area contributed by atoms with Crippen molar-refractivity contribution in [2.75, 3.05) is 11.9 Å². The Bertz CT molecular complexity index is 923. The average Bonchev–Trinajstić information content (AvgIpc) is 2.96. The van der Waals surface area contributed by atoms with E-state index in [1.54, 1.807) is 19.1 Å². The van der Waals surface area contributed by atoms with Crippen LogP contribution < -0.4 is 10.6 Å². The van der Waals surface area contributed by atoms with Gasteiger partial charge >= 0.3 is 0 Å². The molecule has 2 N–H and O–H groups in total. The third-order valence-electron chi connectivity index (χ3n) is 3.70. The molecule has 0 spiro atoms. The number of rotatable bonds is 5. The largest absolute Gasteiger partial charge is 0.343 e. The molecular formula is C19H17ClN4O2. The molecule has 0 aliphatic heterocycles. The van der Waals surface area contributed by atoms with Crippen molar-refractivity contribution in [3.05, 3.63) is 77.1 Å². The topological polar surface area (TPSA) is 76.0 Å². The van der Waals surface area contributed by atoms with Crippen molar-refractivity contribution >= 4 is 29.1 Å². The van der Waals surface area contributed by atoms with Gasteiger partial charge in [-0.2, -0.15) is 5.10 Å². The van der Waals surface area contributed by atoms with E-state index < -0.39 is 5.91 Å². The zero-order chi connectivity index (χ0) is 18.5. The summed E-state index contributed by atoms with van der Waals surface area (Å²) in [5.74, 6) is -0.772. The highest BCUT2D eigenvalue weighted by atomic mass is 35.5. The standard InChI is InChI=1S/C19H17ClN4O2/c1-13-17(18(20)24(23-13)15-10-6-3-7-11-15)19(26)21-12-16(25)22-14-8-4-2-5-9-14/h2-11H,12H2,1H3,(H,21,26)(H,22,25). The fourth-order valence-electron chi connectivity index (χ4n) is 2.47. The number of hydrogen-bond donors (Lipinski definition) is 2. The molecule has 3 aromatic rings. The van der Waals surface area contributed by atoms with E-state index in [9.17, 15) is 9.59 Å². The molecule has 0 unspecified atom stereocenters. The lowest BCUT2D eigenvalue weighted by Gasteiger charge is -2.07. The van der Waals surface area contributed by atoms with Crippen molar-refractivity contribution in [3.63, 3.8) is 0 Å². The van der Waals surface area contributed by atoms with E-state index in [0.29, 0.717) is 11.4 Å². The molecule has 1 aromatic heterocycles. The number of amides is 2. The van der Waals surface area contributed by atoms with Gasteiger partial charge in [0, 0.05) is 5.69 Å². The van der Waals surface area contributed by atoms with Crippen LogP contribution in [0.3, 0.4) is 0 Å². The number of nitrogens with zero attached hydrogens (tertiary/aromatic N) is 2. The second-order valence-electron chi connectivity index (χ2n) is 5.60. The van der Waals surface area contributed by atoms with Crippen LogP contribution in [0.25, 0.3) is 5.69 Å². The minimum absolute atomic E-state index is 0.167. The normalized spacial score (nSPS) is 10.4. The third kappa shape index (κ3) is 3.92. The first-order valence-electron chi connectivity index (χ1n) is 8.00. The number of halogens is 1. The second kappa shape index (κ2) is 7.84. The molecule has 132 valence electrons. The van der Waals surface area contributed by atoms with Crippen LogP contribution in [0, 0.1) is 6.92 Å². The molecule has 0 radical (unpaired) electrons. The van der Waals surface area contributed by atoms with E-state index in [4.69, 9.17) is 11.6 Å². The Kier molecular flexibility index (Phi) is 5.34. The number of nitrogens with one attached hydrogen (secondary N) is 2.